The van der Waals surface area contributed by atoms with Gasteiger partial charge in [-0.15, -0.1) is 13.2 Å². The van der Waals surface area contributed by atoms with Gasteiger partial charge in [-0.05, 0) is 0 Å². The van der Waals surface area contributed by atoms with Gasteiger partial charge in [0, 0.05) is 0 Å². The molecule has 0 aromatic heterocycles. The molecule has 0 unspecified atom stereocenters. The zero-order valence-electron chi connectivity index (χ0n) is 5.86. The number of hydrogen-bond acceptors (Lipinski definition) is 0. The average Bonchev–Trinajstić information content (AvgIpc) is 1.36. The van der Waals surface area contributed by atoms with Crippen molar-refractivity contribution in [1.82, 2.24) is 0 Å². The SMILES string of the molecule is C=C.C[N+](C)(C)C. The Labute approximate surface area is 46.8 Å². The molecule has 0 radical (unpaired) electrons. The molecule has 0 saturated carbocycles. The highest BCUT2D eigenvalue weighted by Crippen LogP contribution is 1.73. The van der Waals surface area contributed by atoms with Crippen LogP contribution in [0, 0.1) is 0 Å². The van der Waals surface area contributed by atoms with Crippen LogP contribution in [-0.2, 0) is 0 Å². The molecule has 0 heterocycles. The Hall–Kier alpha value is -0.300. The summed E-state index contributed by atoms with van der Waals surface area (Å²) in [7, 11) is 8.50. The lowest BCUT2D eigenvalue weighted by atomic mass is 10.8. The molecule has 0 saturated heterocycles. The first-order chi connectivity index (χ1) is 3.00. The van der Waals surface area contributed by atoms with Crippen molar-refractivity contribution in [3.8, 4) is 0 Å². The quantitative estimate of drug-likeness (QED) is 0.317. The van der Waals surface area contributed by atoms with Gasteiger partial charge in [0.1, 0.15) is 0 Å². The van der Waals surface area contributed by atoms with Gasteiger partial charge in [-0.1, -0.05) is 0 Å². The molecule has 44 valence electrons. The first-order valence-corrected chi connectivity index (χ1v) is 2.29. The van der Waals surface area contributed by atoms with Crippen molar-refractivity contribution in [3.05, 3.63) is 13.2 Å². The van der Waals surface area contributed by atoms with Gasteiger partial charge in [-0.25, -0.2) is 0 Å². The normalized spacial score (nSPS) is 9.14. The zero-order valence-corrected chi connectivity index (χ0v) is 5.86. The molecular formula is C6H16N+. The van der Waals surface area contributed by atoms with Gasteiger partial charge >= 0.3 is 0 Å². The third kappa shape index (κ3) is 867. The first-order valence-electron chi connectivity index (χ1n) is 2.29. The predicted molar refractivity (Wildman–Crippen MR) is 35.2 cm³/mol. The van der Waals surface area contributed by atoms with Crippen LogP contribution in [0.2, 0.25) is 0 Å². The second-order valence-corrected chi connectivity index (χ2v) is 2.68. The fourth-order valence-corrected chi connectivity index (χ4v) is 0. The molecular weight excluding hydrogens is 86.1 g/mol. The summed E-state index contributed by atoms with van der Waals surface area (Å²) in [6.45, 7) is 6.00. The number of quaternary nitrogens is 1. The topological polar surface area (TPSA) is 0 Å². The Morgan fingerprint density at radius 1 is 0.857 bits per heavy atom. The molecule has 0 amide bonds. The predicted octanol–water partition coefficient (Wildman–Crippen LogP) is 1.12. The summed E-state index contributed by atoms with van der Waals surface area (Å²) < 4.78 is 1.00. The van der Waals surface area contributed by atoms with Gasteiger partial charge in [0.15, 0.2) is 0 Å². The minimum absolute atomic E-state index is 1.00. The molecule has 1 nitrogen and oxygen atoms in total. The van der Waals surface area contributed by atoms with E-state index in [9.17, 15) is 0 Å². The molecule has 0 aromatic carbocycles. The van der Waals surface area contributed by atoms with Crippen molar-refractivity contribution < 1.29 is 4.48 Å². The molecule has 0 bridgehead atoms. The van der Waals surface area contributed by atoms with E-state index in [4.69, 9.17) is 0 Å². The standard InChI is InChI=1S/C4H12N.C2H4/c1-5(2,3)4;1-2/h1-4H3;1-2H2/q+1;. The van der Waals surface area contributed by atoms with Crippen molar-refractivity contribution in [2.24, 2.45) is 0 Å². The van der Waals surface area contributed by atoms with E-state index in [1.54, 1.807) is 0 Å². The highest BCUT2D eigenvalue weighted by Gasteiger charge is 1.88. The Balaban J connectivity index is 0. The summed E-state index contributed by atoms with van der Waals surface area (Å²) in [5.74, 6) is 0. The average molecular weight is 102 g/mol. The maximum atomic E-state index is 3.00. The van der Waals surface area contributed by atoms with Crippen LogP contribution >= 0.6 is 0 Å². The Morgan fingerprint density at radius 2 is 0.857 bits per heavy atom. The molecule has 0 spiro atoms. The van der Waals surface area contributed by atoms with E-state index in [1.807, 2.05) is 0 Å². The smallest absolute Gasteiger partial charge is 0.0675 e. The summed E-state index contributed by atoms with van der Waals surface area (Å²) in [6.07, 6.45) is 0. The summed E-state index contributed by atoms with van der Waals surface area (Å²) >= 11 is 0. The molecule has 0 aliphatic carbocycles. The molecule has 0 aromatic rings. The van der Waals surface area contributed by atoms with Gasteiger partial charge in [0.05, 0.1) is 28.2 Å². The van der Waals surface area contributed by atoms with E-state index in [-0.39, 0.29) is 0 Å². The van der Waals surface area contributed by atoms with E-state index in [0.717, 1.165) is 4.48 Å². The summed E-state index contributed by atoms with van der Waals surface area (Å²) in [5, 5.41) is 0. The van der Waals surface area contributed by atoms with Gasteiger partial charge in [0.2, 0.25) is 0 Å². The lowest BCUT2D eigenvalue weighted by Crippen LogP contribution is -2.27. The van der Waals surface area contributed by atoms with E-state index in [2.05, 4.69) is 41.3 Å². The lowest BCUT2D eigenvalue weighted by Gasteiger charge is -2.14. The fourth-order valence-electron chi connectivity index (χ4n) is 0. The van der Waals surface area contributed by atoms with E-state index in [1.165, 1.54) is 0 Å². The van der Waals surface area contributed by atoms with Gasteiger partial charge in [0.25, 0.3) is 0 Å². The maximum absolute atomic E-state index is 3.00. The minimum atomic E-state index is 1.00. The Kier molecular flexibility index (Phi) is 5.46. The molecule has 1 heteroatoms. The maximum Gasteiger partial charge on any atom is 0.0675 e. The van der Waals surface area contributed by atoms with Crippen LogP contribution in [0.15, 0.2) is 13.2 Å². The molecule has 7 heavy (non-hydrogen) atoms. The molecule has 0 aliphatic rings. The van der Waals surface area contributed by atoms with Crippen molar-refractivity contribution in [2.75, 3.05) is 28.2 Å². The van der Waals surface area contributed by atoms with Crippen molar-refractivity contribution in [2.45, 2.75) is 0 Å². The second kappa shape index (κ2) is 3.88. The van der Waals surface area contributed by atoms with Crippen LogP contribution in [0.1, 0.15) is 0 Å². The minimum Gasteiger partial charge on any atom is -0.333 e. The molecule has 0 fully saturated rings. The molecule has 0 N–H and O–H groups in total. The third-order valence-corrected chi connectivity index (χ3v) is 0. The number of rotatable bonds is 0. The highest BCUT2D eigenvalue weighted by atomic mass is 15.2. The number of nitrogens with zero attached hydrogens (tertiary/aromatic N) is 1. The summed E-state index contributed by atoms with van der Waals surface area (Å²) in [5.41, 5.74) is 0. The van der Waals surface area contributed by atoms with Crippen LogP contribution in [0.25, 0.3) is 0 Å². The Morgan fingerprint density at radius 3 is 0.857 bits per heavy atom. The summed E-state index contributed by atoms with van der Waals surface area (Å²) in [6, 6.07) is 0. The largest absolute Gasteiger partial charge is 0.333 e. The van der Waals surface area contributed by atoms with E-state index >= 15 is 0 Å². The van der Waals surface area contributed by atoms with E-state index < -0.39 is 0 Å². The fraction of sp³-hybridized carbons (Fsp3) is 0.667. The molecule has 0 rings (SSSR count). The molecule has 0 aliphatic heterocycles. The third-order valence-electron chi connectivity index (χ3n) is 0. The van der Waals surface area contributed by atoms with Gasteiger partial charge in [-0.2, -0.15) is 0 Å². The van der Waals surface area contributed by atoms with Gasteiger partial charge in [-0.3, -0.25) is 0 Å². The van der Waals surface area contributed by atoms with Crippen LogP contribution in [0.3, 0.4) is 0 Å². The van der Waals surface area contributed by atoms with Crippen LogP contribution in [-0.4, -0.2) is 32.7 Å². The Bertz CT molecular complexity index is 27.9. The first kappa shape index (κ1) is 9.85. The highest BCUT2D eigenvalue weighted by molar-refractivity contribution is 4.22. The van der Waals surface area contributed by atoms with Crippen molar-refractivity contribution in [1.29, 1.82) is 0 Å². The van der Waals surface area contributed by atoms with Crippen LogP contribution in [0.5, 0.6) is 0 Å². The van der Waals surface area contributed by atoms with E-state index in [0.29, 0.717) is 0 Å². The van der Waals surface area contributed by atoms with Crippen LogP contribution in [0.4, 0.5) is 0 Å². The van der Waals surface area contributed by atoms with Crippen molar-refractivity contribution >= 4 is 0 Å². The summed E-state index contributed by atoms with van der Waals surface area (Å²) in [4.78, 5) is 0. The monoisotopic (exact) mass is 102 g/mol. The second-order valence-electron chi connectivity index (χ2n) is 2.68. The zero-order chi connectivity index (χ0) is 6.50. The van der Waals surface area contributed by atoms with Gasteiger partial charge < -0.3 is 4.48 Å². The van der Waals surface area contributed by atoms with Crippen molar-refractivity contribution in [3.63, 3.8) is 0 Å². The molecule has 0 atom stereocenters. The van der Waals surface area contributed by atoms with Crippen LogP contribution < -0.4 is 0 Å². The number of hydrogen-bond donors (Lipinski definition) is 0. The lowest BCUT2D eigenvalue weighted by molar-refractivity contribution is -0.849.